The van der Waals surface area contributed by atoms with E-state index < -0.39 is 0 Å². The molecular weight excluding hydrogens is 458 g/mol. The summed E-state index contributed by atoms with van der Waals surface area (Å²) in [5, 5.41) is 3.53. The summed E-state index contributed by atoms with van der Waals surface area (Å²) in [7, 11) is 0. The standard InChI is InChI=1S/C31H45N5O/c1-25(2)11-16-36-15-4-6-27-24-32-31(23-30(27)36)33-28-7-9-29(10-8-28)35-17-12-26(13-18-35)5-3-14-34-19-21-37-22-20-34/h4,6-10,23-26H,3,5,11-22H2,1-2H3,(H,32,33). The van der Waals surface area contributed by atoms with E-state index in [1.807, 2.05) is 6.20 Å². The number of rotatable bonds is 10. The molecule has 0 unspecified atom stereocenters. The van der Waals surface area contributed by atoms with Crippen molar-refractivity contribution in [2.75, 3.05) is 74.1 Å². The molecule has 3 aliphatic rings. The van der Waals surface area contributed by atoms with Gasteiger partial charge in [0.1, 0.15) is 5.82 Å². The van der Waals surface area contributed by atoms with Crippen molar-refractivity contribution < 1.29 is 4.74 Å². The van der Waals surface area contributed by atoms with Gasteiger partial charge in [0.25, 0.3) is 0 Å². The van der Waals surface area contributed by atoms with Gasteiger partial charge < -0.3 is 19.9 Å². The van der Waals surface area contributed by atoms with Gasteiger partial charge in [-0.2, -0.15) is 0 Å². The first-order valence-electron chi connectivity index (χ1n) is 14.5. The summed E-state index contributed by atoms with van der Waals surface area (Å²) in [6.07, 6.45) is 12.9. The molecule has 37 heavy (non-hydrogen) atoms. The Kier molecular flexibility index (Phi) is 9.01. The fourth-order valence-electron chi connectivity index (χ4n) is 5.77. The van der Waals surface area contributed by atoms with Crippen LogP contribution in [0.3, 0.4) is 0 Å². The molecule has 0 saturated carbocycles. The SMILES string of the molecule is CC(C)CCN1CC=Cc2cnc(Nc3ccc(N4CCC(CCCN5CCOCC5)CC4)cc3)cc21. The van der Waals surface area contributed by atoms with Gasteiger partial charge in [-0.25, -0.2) is 4.98 Å². The maximum absolute atomic E-state index is 5.47. The van der Waals surface area contributed by atoms with Crippen molar-refractivity contribution in [1.29, 1.82) is 0 Å². The molecule has 2 saturated heterocycles. The molecule has 2 fully saturated rings. The first kappa shape index (κ1) is 26.1. The fourth-order valence-corrected chi connectivity index (χ4v) is 5.77. The molecule has 6 heteroatoms. The fraction of sp³-hybridized carbons (Fsp3) is 0.581. The Morgan fingerprint density at radius 3 is 2.57 bits per heavy atom. The van der Waals surface area contributed by atoms with Crippen LogP contribution in [0.2, 0.25) is 0 Å². The molecule has 1 aromatic carbocycles. The maximum atomic E-state index is 5.47. The highest BCUT2D eigenvalue weighted by Gasteiger charge is 2.20. The number of benzene rings is 1. The molecule has 6 nitrogen and oxygen atoms in total. The number of morpholine rings is 1. The zero-order chi connectivity index (χ0) is 25.5. The second-order valence-corrected chi connectivity index (χ2v) is 11.4. The van der Waals surface area contributed by atoms with Gasteiger partial charge >= 0.3 is 0 Å². The highest BCUT2D eigenvalue weighted by atomic mass is 16.5. The van der Waals surface area contributed by atoms with Crippen LogP contribution in [-0.4, -0.2) is 68.9 Å². The Labute approximate surface area is 223 Å². The van der Waals surface area contributed by atoms with Gasteiger partial charge in [0, 0.05) is 74.2 Å². The van der Waals surface area contributed by atoms with Gasteiger partial charge in [-0.15, -0.1) is 0 Å². The molecule has 0 spiro atoms. The van der Waals surface area contributed by atoms with Crippen LogP contribution in [0.4, 0.5) is 22.9 Å². The smallest absolute Gasteiger partial charge is 0.132 e. The predicted molar refractivity (Wildman–Crippen MR) is 156 cm³/mol. The van der Waals surface area contributed by atoms with Gasteiger partial charge in [-0.1, -0.05) is 26.0 Å². The third kappa shape index (κ3) is 7.26. The molecule has 0 bridgehead atoms. The Morgan fingerprint density at radius 2 is 1.81 bits per heavy atom. The number of ether oxygens (including phenoxy) is 1. The van der Waals surface area contributed by atoms with Crippen LogP contribution in [0.5, 0.6) is 0 Å². The quantitative estimate of drug-likeness (QED) is 0.427. The van der Waals surface area contributed by atoms with E-state index in [4.69, 9.17) is 4.74 Å². The van der Waals surface area contributed by atoms with Gasteiger partial charge in [-0.05, 0) is 74.8 Å². The number of nitrogens with zero attached hydrogens (tertiary/aromatic N) is 4. The lowest BCUT2D eigenvalue weighted by Gasteiger charge is -2.34. The topological polar surface area (TPSA) is 43.9 Å². The van der Waals surface area contributed by atoms with Gasteiger partial charge in [-0.3, -0.25) is 4.90 Å². The van der Waals surface area contributed by atoms with Crippen molar-refractivity contribution >= 4 is 29.0 Å². The normalized spacial score (nSPS) is 18.9. The summed E-state index contributed by atoms with van der Waals surface area (Å²) >= 11 is 0. The lowest BCUT2D eigenvalue weighted by molar-refractivity contribution is 0.0365. The number of piperidine rings is 1. The first-order valence-corrected chi connectivity index (χ1v) is 14.5. The Bertz CT molecular complexity index is 1010. The molecule has 0 amide bonds. The third-order valence-electron chi connectivity index (χ3n) is 8.16. The largest absolute Gasteiger partial charge is 0.379 e. The molecule has 3 aliphatic heterocycles. The summed E-state index contributed by atoms with van der Waals surface area (Å²) in [5.74, 6) is 2.50. The number of hydrogen-bond donors (Lipinski definition) is 1. The third-order valence-corrected chi connectivity index (χ3v) is 8.16. The first-order chi connectivity index (χ1) is 18.1. The average Bonchev–Trinajstić information content (AvgIpc) is 2.93. The van der Waals surface area contributed by atoms with E-state index in [0.29, 0.717) is 5.92 Å². The van der Waals surface area contributed by atoms with Crippen molar-refractivity contribution in [1.82, 2.24) is 9.88 Å². The summed E-state index contributed by atoms with van der Waals surface area (Å²) in [4.78, 5) is 12.3. The lowest BCUT2D eigenvalue weighted by Crippen LogP contribution is -2.37. The number of pyridine rings is 1. The van der Waals surface area contributed by atoms with Crippen LogP contribution in [0, 0.1) is 11.8 Å². The van der Waals surface area contributed by atoms with Crippen molar-refractivity contribution in [3.63, 3.8) is 0 Å². The Hall–Kier alpha value is -2.57. The van der Waals surface area contributed by atoms with Crippen molar-refractivity contribution in [2.45, 2.75) is 46.0 Å². The van der Waals surface area contributed by atoms with Crippen LogP contribution in [0.1, 0.15) is 51.5 Å². The zero-order valence-electron chi connectivity index (χ0n) is 22.9. The molecule has 0 radical (unpaired) electrons. The summed E-state index contributed by atoms with van der Waals surface area (Å²) in [6, 6.07) is 11.1. The van der Waals surface area contributed by atoms with Gasteiger partial charge in [0.15, 0.2) is 0 Å². The monoisotopic (exact) mass is 503 g/mol. The molecule has 0 atom stereocenters. The predicted octanol–water partition coefficient (Wildman–Crippen LogP) is 6.03. The van der Waals surface area contributed by atoms with Crippen LogP contribution in [0.25, 0.3) is 6.08 Å². The molecule has 0 aliphatic carbocycles. The minimum atomic E-state index is 0.707. The average molecular weight is 504 g/mol. The minimum absolute atomic E-state index is 0.707. The second kappa shape index (κ2) is 12.8. The van der Waals surface area contributed by atoms with Crippen LogP contribution >= 0.6 is 0 Å². The Balaban J connectivity index is 1.10. The minimum Gasteiger partial charge on any atom is -0.379 e. The van der Waals surface area contributed by atoms with E-state index in [-0.39, 0.29) is 0 Å². The van der Waals surface area contributed by atoms with Crippen LogP contribution in [-0.2, 0) is 4.74 Å². The van der Waals surface area contributed by atoms with E-state index in [9.17, 15) is 0 Å². The van der Waals surface area contributed by atoms with Crippen LogP contribution in [0.15, 0.2) is 42.6 Å². The maximum Gasteiger partial charge on any atom is 0.132 e. The van der Waals surface area contributed by atoms with Crippen molar-refractivity contribution in [3.8, 4) is 0 Å². The number of fused-ring (bicyclic) bond motifs is 1. The van der Waals surface area contributed by atoms with E-state index >= 15 is 0 Å². The van der Waals surface area contributed by atoms with E-state index in [1.165, 1.54) is 68.7 Å². The molecule has 200 valence electrons. The number of anilines is 4. The second-order valence-electron chi connectivity index (χ2n) is 11.4. The molecule has 4 heterocycles. The molecule has 1 N–H and O–H groups in total. The van der Waals surface area contributed by atoms with E-state index in [0.717, 1.165) is 56.8 Å². The highest BCUT2D eigenvalue weighted by Crippen LogP contribution is 2.31. The van der Waals surface area contributed by atoms with Crippen molar-refractivity contribution in [2.24, 2.45) is 11.8 Å². The van der Waals surface area contributed by atoms with E-state index in [2.05, 4.69) is 81.3 Å². The number of aromatic nitrogens is 1. The van der Waals surface area contributed by atoms with Gasteiger partial charge in [0.05, 0.1) is 13.2 Å². The number of nitrogens with one attached hydrogen (secondary N) is 1. The Morgan fingerprint density at radius 1 is 1.03 bits per heavy atom. The molecule has 5 rings (SSSR count). The summed E-state index contributed by atoms with van der Waals surface area (Å²) in [5.41, 5.74) is 4.92. The molecule has 1 aromatic heterocycles. The van der Waals surface area contributed by atoms with Crippen molar-refractivity contribution in [3.05, 3.63) is 48.2 Å². The molecular formula is C31H45N5O. The van der Waals surface area contributed by atoms with E-state index in [1.54, 1.807) is 0 Å². The zero-order valence-corrected chi connectivity index (χ0v) is 22.9. The van der Waals surface area contributed by atoms with Gasteiger partial charge in [0.2, 0.25) is 0 Å². The molecule has 2 aromatic rings. The highest BCUT2D eigenvalue weighted by molar-refractivity contribution is 5.74. The summed E-state index contributed by atoms with van der Waals surface area (Å²) < 4.78 is 5.47. The number of hydrogen-bond acceptors (Lipinski definition) is 6. The van der Waals surface area contributed by atoms with Crippen LogP contribution < -0.4 is 15.1 Å². The lowest BCUT2D eigenvalue weighted by atomic mass is 9.92. The summed E-state index contributed by atoms with van der Waals surface area (Å²) in [6.45, 7) is 14.3.